The van der Waals surface area contributed by atoms with Crippen molar-refractivity contribution in [2.45, 2.75) is 119 Å². The molecule has 0 bridgehead atoms. The SMILES string of the molecule is Cc1csc(CC(C)C(=O)NN(CCC(=O)NC(Cc2ccccc2)C(O)CC(C)C(=O)NC(C(=O)NCC(C)C)C(C)C)C(=O)OC(C)(C)C)n1. The lowest BCUT2D eigenvalue weighted by Gasteiger charge is -2.29. The quantitative estimate of drug-likeness (QED) is 0.140. The van der Waals surface area contributed by atoms with E-state index in [1.807, 2.05) is 70.3 Å². The van der Waals surface area contributed by atoms with Crippen molar-refractivity contribution in [1.29, 1.82) is 0 Å². The van der Waals surface area contributed by atoms with Gasteiger partial charge < -0.3 is 25.8 Å². The molecule has 0 aliphatic rings. The van der Waals surface area contributed by atoms with Crippen LogP contribution in [-0.4, -0.2) is 81.7 Å². The molecule has 5 atom stereocenters. The molecule has 5 N–H and O–H groups in total. The van der Waals surface area contributed by atoms with Gasteiger partial charge in [-0.2, -0.15) is 0 Å². The minimum atomic E-state index is -1.13. The predicted molar refractivity (Wildman–Crippen MR) is 202 cm³/mol. The Bertz CT molecular complexity index is 1460. The fourth-order valence-electron chi connectivity index (χ4n) is 5.13. The zero-order valence-corrected chi connectivity index (χ0v) is 33.3. The Morgan fingerprint density at radius 1 is 0.904 bits per heavy atom. The first-order chi connectivity index (χ1) is 24.2. The average Bonchev–Trinajstić information content (AvgIpc) is 3.46. The number of carbonyl (C=O) groups excluding carboxylic acids is 5. The number of aryl methyl sites for hydroxylation is 1. The van der Waals surface area contributed by atoms with Gasteiger partial charge in [-0.05, 0) is 57.9 Å². The number of carbonyl (C=O) groups is 5. The third-order valence-electron chi connectivity index (χ3n) is 8.10. The molecule has 0 radical (unpaired) electrons. The first kappa shape index (κ1) is 44.1. The highest BCUT2D eigenvalue weighted by atomic mass is 32.1. The number of thiazole rings is 1. The van der Waals surface area contributed by atoms with Gasteiger partial charge in [0.05, 0.1) is 23.7 Å². The minimum absolute atomic E-state index is 0.0125. The molecule has 14 heteroatoms. The first-order valence-corrected chi connectivity index (χ1v) is 18.9. The highest BCUT2D eigenvalue weighted by Crippen LogP contribution is 2.17. The van der Waals surface area contributed by atoms with Gasteiger partial charge in [-0.25, -0.2) is 14.8 Å². The van der Waals surface area contributed by atoms with Crippen LogP contribution in [0.5, 0.6) is 0 Å². The number of hydrogen-bond acceptors (Lipinski definition) is 9. The highest BCUT2D eigenvalue weighted by Gasteiger charge is 2.31. The van der Waals surface area contributed by atoms with Gasteiger partial charge in [0, 0.05) is 42.3 Å². The second-order valence-electron chi connectivity index (χ2n) is 15.3. The molecule has 5 unspecified atom stereocenters. The summed E-state index contributed by atoms with van der Waals surface area (Å²) in [6.07, 6.45) is -1.49. The van der Waals surface area contributed by atoms with Crippen molar-refractivity contribution in [1.82, 2.24) is 31.4 Å². The lowest BCUT2D eigenvalue weighted by Crippen LogP contribution is -2.53. The topological polar surface area (TPSA) is 179 Å². The van der Waals surface area contributed by atoms with Gasteiger partial charge in [0.1, 0.15) is 11.6 Å². The Morgan fingerprint density at radius 3 is 2.12 bits per heavy atom. The monoisotopic (exact) mass is 744 g/mol. The van der Waals surface area contributed by atoms with E-state index in [1.54, 1.807) is 34.6 Å². The minimum Gasteiger partial charge on any atom is -0.442 e. The summed E-state index contributed by atoms with van der Waals surface area (Å²) in [6, 6.07) is 7.79. The molecule has 13 nitrogen and oxygen atoms in total. The summed E-state index contributed by atoms with van der Waals surface area (Å²) in [4.78, 5) is 70.1. The third kappa shape index (κ3) is 16.1. The first-order valence-electron chi connectivity index (χ1n) is 18.1. The number of hydrogen-bond donors (Lipinski definition) is 5. The van der Waals surface area contributed by atoms with E-state index in [9.17, 15) is 29.1 Å². The molecular weight excluding hydrogens is 685 g/mol. The molecule has 1 aromatic heterocycles. The summed E-state index contributed by atoms with van der Waals surface area (Å²) >= 11 is 1.45. The van der Waals surface area contributed by atoms with E-state index in [0.29, 0.717) is 13.0 Å². The number of aromatic nitrogens is 1. The zero-order valence-electron chi connectivity index (χ0n) is 32.4. The number of amides is 5. The predicted octanol–water partition coefficient (Wildman–Crippen LogP) is 4.32. The molecule has 0 spiro atoms. The lowest BCUT2D eigenvalue weighted by molar-refractivity contribution is -0.132. The Kier molecular flexibility index (Phi) is 17.7. The van der Waals surface area contributed by atoms with Gasteiger partial charge in [0.2, 0.25) is 23.6 Å². The molecular formula is C38H60N6O7S. The number of benzene rings is 1. The molecule has 290 valence electrons. The van der Waals surface area contributed by atoms with Crippen molar-refractivity contribution in [3.63, 3.8) is 0 Å². The summed E-state index contributed by atoms with van der Waals surface area (Å²) in [5, 5.41) is 23.7. The number of rotatable bonds is 18. The van der Waals surface area contributed by atoms with Crippen molar-refractivity contribution in [3.8, 4) is 0 Å². The van der Waals surface area contributed by atoms with Crippen LogP contribution in [0.4, 0.5) is 4.79 Å². The molecule has 0 saturated heterocycles. The number of ether oxygens (including phenoxy) is 1. The lowest BCUT2D eigenvalue weighted by atomic mass is 9.93. The number of hydrazine groups is 1. The van der Waals surface area contributed by atoms with Crippen LogP contribution in [0, 0.1) is 30.6 Å². The van der Waals surface area contributed by atoms with Crippen molar-refractivity contribution >= 4 is 41.1 Å². The summed E-state index contributed by atoms with van der Waals surface area (Å²) in [5.41, 5.74) is 3.48. The van der Waals surface area contributed by atoms with Crippen LogP contribution < -0.4 is 21.4 Å². The van der Waals surface area contributed by atoms with Crippen molar-refractivity contribution < 1.29 is 33.8 Å². The average molecular weight is 745 g/mol. The van der Waals surface area contributed by atoms with Crippen LogP contribution >= 0.6 is 11.3 Å². The normalized spacial score (nSPS) is 14.5. The van der Waals surface area contributed by atoms with E-state index in [-0.39, 0.29) is 49.5 Å². The maximum Gasteiger partial charge on any atom is 0.429 e. The highest BCUT2D eigenvalue weighted by molar-refractivity contribution is 7.09. The third-order valence-corrected chi connectivity index (χ3v) is 9.09. The summed E-state index contributed by atoms with van der Waals surface area (Å²) in [7, 11) is 0. The van der Waals surface area contributed by atoms with E-state index in [4.69, 9.17) is 4.74 Å². The van der Waals surface area contributed by atoms with Gasteiger partial charge in [0.15, 0.2) is 0 Å². The number of aliphatic hydroxyl groups is 1. The van der Waals surface area contributed by atoms with E-state index in [1.165, 1.54) is 11.3 Å². The molecule has 52 heavy (non-hydrogen) atoms. The molecule has 2 aromatic rings. The number of nitrogens with zero attached hydrogens (tertiary/aromatic N) is 2. The maximum absolute atomic E-state index is 13.4. The Balaban J connectivity index is 2.14. The van der Waals surface area contributed by atoms with Gasteiger partial charge in [0.25, 0.3) is 0 Å². The fourth-order valence-corrected chi connectivity index (χ4v) is 6.03. The van der Waals surface area contributed by atoms with Crippen LogP contribution in [0.2, 0.25) is 0 Å². The fraction of sp³-hybridized carbons (Fsp3) is 0.632. The number of aliphatic hydroxyl groups excluding tert-OH is 1. The molecule has 0 aliphatic heterocycles. The van der Waals surface area contributed by atoms with E-state index in [0.717, 1.165) is 21.3 Å². The maximum atomic E-state index is 13.4. The Morgan fingerprint density at radius 2 is 1.56 bits per heavy atom. The van der Waals surface area contributed by atoms with Crippen molar-refractivity contribution in [2.75, 3.05) is 13.1 Å². The van der Waals surface area contributed by atoms with Gasteiger partial charge in [-0.15, -0.1) is 11.3 Å². The van der Waals surface area contributed by atoms with Crippen LogP contribution in [0.15, 0.2) is 35.7 Å². The van der Waals surface area contributed by atoms with Crippen molar-refractivity contribution in [3.05, 3.63) is 52.0 Å². The smallest absolute Gasteiger partial charge is 0.429 e. The molecule has 5 amide bonds. The van der Waals surface area contributed by atoms with Gasteiger partial charge in [-0.1, -0.05) is 71.9 Å². The van der Waals surface area contributed by atoms with E-state index >= 15 is 0 Å². The summed E-state index contributed by atoms with van der Waals surface area (Å²) < 4.78 is 5.51. The Labute approximate surface area is 313 Å². The van der Waals surface area contributed by atoms with Gasteiger partial charge in [-0.3, -0.25) is 24.6 Å². The molecule has 2 rings (SSSR count). The molecule has 0 saturated carbocycles. The second-order valence-corrected chi connectivity index (χ2v) is 16.2. The van der Waals surface area contributed by atoms with Gasteiger partial charge >= 0.3 is 6.09 Å². The van der Waals surface area contributed by atoms with Crippen LogP contribution in [0.25, 0.3) is 0 Å². The van der Waals surface area contributed by atoms with Crippen LogP contribution in [0.1, 0.15) is 91.4 Å². The second kappa shape index (κ2) is 20.9. The zero-order chi connectivity index (χ0) is 39.2. The molecule has 0 fully saturated rings. The van der Waals surface area contributed by atoms with E-state index in [2.05, 4.69) is 26.4 Å². The Hall–Kier alpha value is -4.04. The molecule has 1 heterocycles. The number of nitrogens with one attached hydrogen (secondary N) is 4. The van der Waals surface area contributed by atoms with E-state index < -0.39 is 53.5 Å². The standard InChI is InChI=1S/C38H60N6O7S/c1-23(2)21-39-36(49)33(24(3)4)42-34(47)25(5)18-30(45)29(20-28-14-12-11-13-15-28)41-31(46)16-17-44(37(50)51-38(8,9)10)43-35(48)26(6)19-32-40-27(7)22-52-32/h11-15,22-26,29-30,33,45H,16-21H2,1-10H3,(H,39,49)(H,41,46)(H,42,47)(H,43,48). The summed E-state index contributed by atoms with van der Waals surface area (Å²) in [5.74, 6) is -2.66. The van der Waals surface area contributed by atoms with Crippen LogP contribution in [-0.2, 0) is 36.8 Å². The van der Waals surface area contributed by atoms with Crippen molar-refractivity contribution in [2.24, 2.45) is 23.7 Å². The summed E-state index contributed by atoms with van der Waals surface area (Å²) in [6.45, 7) is 18.3. The van der Waals surface area contributed by atoms with Crippen LogP contribution in [0.3, 0.4) is 0 Å². The molecule has 0 aliphatic carbocycles. The largest absolute Gasteiger partial charge is 0.442 e. The molecule has 1 aromatic carbocycles.